The van der Waals surface area contributed by atoms with Crippen LogP contribution in [0.4, 0.5) is 17.6 Å². The fourth-order valence-corrected chi connectivity index (χ4v) is 3.89. The first-order valence-corrected chi connectivity index (χ1v) is 10.0. The molecule has 0 amide bonds. The molecule has 1 atom stereocenters. The molecule has 1 aromatic heterocycles. The predicted octanol–water partition coefficient (Wildman–Crippen LogP) is 3.15. The first-order valence-electron chi connectivity index (χ1n) is 9.63. The van der Waals surface area contributed by atoms with Gasteiger partial charge < -0.3 is 20.4 Å². The summed E-state index contributed by atoms with van der Waals surface area (Å²) in [5, 5.41) is 6.85. The van der Waals surface area contributed by atoms with Gasteiger partial charge in [0.1, 0.15) is 11.6 Å². The van der Waals surface area contributed by atoms with E-state index in [0.717, 1.165) is 37.8 Å². The summed E-state index contributed by atoms with van der Waals surface area (Å²) in [5.41, 5.74) is 0. The van der Waals surface area contributed by atoms with E-state index < -0.39 is 0 Å². The molecule has 1 aromatic rings. The van der Waals surface area contributed by atoms with E-state index in [2.05, 4.69) is 33.4 Å². The first-order chi connectivity index (χ1) is 12.2. The molecule has 138 valence electrons. The van der Waals surface area contributed by atoms with E-state index in [1.165, 1.54) is 38.5 Å². The lowest BCUT2D eigenvalue weighted by Gasteiger charge is -2.35. The molecule has 2 saturated heterocycles. The number of nitrogens with zero attached hydrogens (tertiary/aromatic N) is 4. The lowest BCUT2D eigenvalue weighted by molar-refractivity contribution is 0.481. The Kier molecular flexibility index (Phi) is 6.29. The number of hydrogen-bond donors (Lipinski definition) is 2. The third kappa shape index (κ3) is 4.71. The van der Waals surface area contributed by atoms with Gasteiger partial charge in [-0.25, -0.2) is 0 Å². The molecule has 0 bridgehead atoms. The number of hydrogen-bond acceptors (Lipinski definition) is 5. The standard InChI is InChI=1S/C18H30N6S/c1-3-19-18(25)22-17-20-15(23-10-6-4-7-11-23)13-16(21-17)24-12-8-5-9-14(24)2/h13-14H,3-12H2,1-2H3,(H2,19,20,21,22,25). The zero-order chi connectivity index (χ0) is 17.6. The van der Waals surface area contributed by atoms with Crippen LogP contribution in [0.5, 0.6) is 0 Å². The molecular weight excluding hydrogens is 332 g/mol. The van der Waals surface area contributed by atoms with E-state index in [0.29, 0.717) is 17.1 Å². The number of anilines is 3. The minimum atomic E-state index is 0.520. The van der Waals surface area contributed by atoms with Crippen LogP contribution in [0.1, 0.15) is 52.4 Å². The lowest BCUT2D eigenvalue weighted by atomic mass is 10.0. The van der Waals surface area contributed by atoms with Crippen molar-refractivity contribution in [1.82, 2.24) is 15.3 Å². The van der Waals surface area contributed by atoms with Gasteiger partial charge in [0, 0.05) is 38.3 Å². The SMILES string of the molecule is CCNC(=S)Nc1nc(N2CCCCC2)cc(N2CCCCC2C)n1. The summed E-state index contributed by atoms with van der Waals surface area (Å²) in [6, 6.07) is 2.68. The Hall–Kier alpha value is -1.63. The van der Waals surface area contributed by atoms with Gasteiger partial charge >= 0.3 is 0 Å². The highest BCUT2D eigenvalue weighted by Gasteiger charge is 2.23. The summed E-state index contributed by atoms with van der Waals surface area (Å²) < 4.78 is 0. The van der Waals surface area contributed by atoms with Gasteiger partial charge in [0.05, 0.1) is 0 Å². The predicted molar refractivity (Wildman–Crippen MR) is 109 cm³/mol. The summed E-state index contributed by atoms with van der Waals surface area (Å²) in [4.78, 5) is 14.3. The summed E-state index contributed by atoms with van der Waals surface area (Å²) in [7, 11) is 0. The van der Waals surface area contributed by atoms with Crippen LogP contribution in [0.15, 0.2) is 6.07 Å². The largest absolute Gasteiger partial charge is 0.363 e. The lowest BCUT2D eigenvalue weighted by Crippen LogP contribution is -2.39. The van der Waals surface area contributed by atoms with Crippen molar-refractivity contribution in [1.29, 1.82) is 0 Å². The monoisotopic (exact) mass is 362 g/mol. The second-order valence-electron chi connectivity index (χ2n) is 6.98. The highest BCUT2D eigenvalue weighted by Crippen LogP contribution is 2.28. The molecule has 0 spiro atoms. The van der Waals surface area contributed by atoms with Crippen molar-refractivity contribution < 1.29 is 0 Å². The molecule has 0 radical (unpaired) electrons. The summed E-state index contributed by atoms with van der Waals surface area (Å²) in [6.45, 7) is 8.31. The maximum atomic E-state index is 5.33. The molecule has 0 aromatic carbocycles. The highest BCUT2D eigenvalue weighted by atomic mass is 32.1. The third-order valence-electron chi connectivity index (χ3n) is 5.04. The van der Waals surface area contributed by atoms with Crippen LogP contribution >= 0.6 is 12.2 Å². The van der Waals surface area contributed by atoms with Gasteiger partial charge in [-0.15, -0.1) is 0 Å². The molecule has 0 saturated carbocycles. The van der Waals surface area contributed by atoms with Gasteiger partial charge in [0.2, 0.25) is 5.95 Å². The maximum Gasteiger partial charge on any atom is 0.232 e. The number of nitrogens with one attached hydrogen (secondary N) is 2. The van der Waals surface area contributed by atoms with Crippen LogP contribution in [0.3, 0.4) is 0 Å². The van der Waals surface area contributed by atoms with Crippen molar-refractivity contribution in [3.8, 4) is 0 Å². The Morgan fingerprint density at radius 3 is 2.56 bits per heavy atom. The molecule has 2 aliphatic rings. The average Bonchev–Trinajstić information content (AvgIpc) is 2.63. The Morgan fingerprint density at radius 2 is 1.84 bits per heavy atom. The number of piperidine rings is 2. The van der Waals surface area contributed by atoms with Gasteiger partial charge in [0.25, 0.3) is 0 Å². The van der Waals surface area contributed by atoms with Crippen molar-refractivity contribution in [3.05, 3.63) is 6.07 Å². The number of thiocarbonyl (C=S) groups is 1. The molecule has 3 heterocycles. The van der Waals surface area contributed by atoms with Gasteiger partial charge in [-0.1, -0.05) is 0 Å². The Labute approximate surface area is 156 Å². The minimum Gasteiger partial charge on any atom is -0.363 e. The van der Waals surface area contributed by atoms with Crippen LogP contribution in [-0.2, 0) is 0 Å². The second kappa shape index (κ2) is 8.65. The topological polar surface area (TPSA) is 56.3 Å². The molecule has 6 nitrogen and oxygen atoms in total. The maximum absolute atomic E-state index is 5.33. The van der Waals surface area contributed by atoms with Crippen LogP contribution in [0.2, 0.25) is 0 Å². The van der Waals surface area contributed by atoms with Crippen LogP contribution < -0.4 is 20.4 Å². The third-order valence-corrected chi connectivity index (χ3v) is 5.29. The zero-order valence-corrected chi connectivity index (χ0v) is 16.2. The van der Waals surface area contributed by atoms with E-state index in [1.807, 2.05) is 6.92 Å². The second-order valence-corrected chi connectivity index (χ2v) is 7.39. The summed E-state index contributed by atoms with van der Waals surface area (Å²) in [5.74, 6) is 2.63. The molecule has 25 heavy (non-hydrogen) atoms. The van der Waals surface area contributed by atoms with Crippen molar-refractivity contribution in [2.75, 3.05) is 41.3 Å². The minimum absolute atomic E-state index is 0.520. The summed E-state index contributed by atoms with van der Waals surface area (Å²) in [6.07, 6.45) is 7.54. The normalized spacial score (nSPS) is 21.1. The van der Waals surface area contributed by atoms with E-state index in [4.69, 9.17) is 22.2 Å². The fraction of sp³-hybridized carbons (Fsp3) is 0.722. The summed E-state index contributed by atoms with van der Waals surface area (Å²) >= 11 is 5.33. The van der Waals surface area contributed by atoms with Gasteiger partial charge in [-0.05, 0) is 64.6 Å². The fourth-order valence-electron chi connectivity index (χ4n) is 3.65. The van der Waals surface area contributed by atoms with E-state index in [1.54, 1.807) is 0 Å². The molecule has 2 N–H and O–H groups in total. The van der Waals surface area contributed by atoms with Crippen molar-refractivity contribution in [2.24, 2.45) is 0 Å². The smallest absolute Gasteiger partial charge is 0.232 e. The van der Waals surface area contributed by atoms with Gasteiger partial charge in [-0.3, -0.25) is 0 Å². The Bertz CT molecular complexity index is 587. The molecule has 2 fully saturated rings. The Balaban J connectivity index is 1.88. The number of rotatable bonds is 4. The van der Waals surface area contributed by atoms with Crippen LogP contribution in [0, 0.1) is 0 Å². The highest BCUT2D eigenvalue weighted by molar-refractivity contribution is 7.80. The first kappa shape index (κ1) is 18.2. The molecular formula is C18H30N6S. The van der Waals surface area contributed by atoms with Crippen molar-refractivity contribution in [2.45, 2.75) is 58.4 Å². The van der Waals surface area contributed by atoms with Crippen LogP contribution in [0.25, 0.3) is 0 Å². The quantitative estimate of drug-likeness (QED) is 0.798. The van der Waals surface area contributed by atoms with E-state index in [9.17, 15) is 0 Å². The van der Waals surface area contributed by atoms with E-state index >= 15 is 0 Å². The molecule has 2 aliphatic heterocycles. The van der Waals surface area contributed by atoms with Crippen LogP contribution in [-0.4, -0.2) is 47.3 Å². The van der Waals surface area contributed by atoms with Gasteiger partial charge in [-0.2, -0.15) is 9.97 Å². The zero-order valence-electron chi connectivity index (χ0n) is 15.4. The number of aromatic nitrogens is 2. The van der Waals surface area contributed by atoms with Crippen molar-refractivity contribution in [3.63, 3.8) is 0 Å². The Morgan fingerprint density at radius 1 is 1.12 bits per heavy atom. The average molecular weight is 363 g/mol. The van der Waals surface area contributed by atoms with E-state index in [-0.39, 0.29) is 0 Å². The van der Waals surface area contributed by atoms with Crippen molar-refractivity contribution >= 4 is 34.9 Å². The molecule has 7 heteroatoms. The van der Waals surface area contributed by atoms with Gasteiger partial charge in [0.15, 0.2) is 5.11 Å². The molecule has 3 rings (SSSR count). The molecule has 1 unspecified atom stereocenters. The molecule has 0 aliphatic carbocycles.